The molecule has 0 radical (unpaired) electrons. The molecule has 0 heterocycles. The monoisotopic (exact) mass is 357 g/mol. The molecule has 130 valence electrons. The van der Waals surface area contributed by atoms with Gasteiger partial charge in [-0.1, -0.05) is 24.6 Å². The second-order valence-corrected chi connectivity index (χ2v) is 7.04. The lowest BCUT2D eigenvalue weighted by Crippen LogP contribution is -2.16. The maximum atomic E-state index is 11.1. The van der Waals surface area contributed by atoms with Gasteiger partial charge in [0.05, 0.1) is 12.1 Å². The van der Waals surface area contributed by atoms with Gasteiger partial charge in [-0.05, 0) is 68.6 Å². The van der Waals surface area contributed by atoms with Crippen LogP contribution in [-0.2, 0) is 16.0 Å². The van der Waals surface area contributed by atoms with Crippen LogP contribution in [0.1, 0.15) is 44.6 Å². The number of carbonyl (C=O) groups excluding carboxylic acids is 1. The van der Waals surface area contributed by atoms with E-state index in [0.717, 1.165) is 54.4 Å². The highest BCUT2D eigenvalue weighted by Gasteiger charge is 2.04. The van der Waals surface area contributed by atoms with Crippen LogP contribution in [0.15, 0.2) is 23.1 Å². The standard InChI is InChI=1S/C18H28ClNO2S/c1-3-11-20-12-6-7-15-9-10-16(19)17(14-15)23-13-5-4-8-18(21)22-2/h9-10,14,20H,3-8,11-13H2,1-2H3. The molecule has 0 aromatic heterocycles. The van der Waals surface area contributed by atoms with Crippen molar-refractivity contribution in [1.29, 1.82) is 0 Å². The fourth-order valence-electron chi connectivity index (χ4n) is 2.19. The van der Waals surface area contributed by atoms with E-state index in [9.17, 15) is 4.79 Å². The molecule has 0 aliphatic heterocycles. The fraction of sp³-hybridized carbons (Fsp3) is 0.611. The lowest BCUT2D eigenvalue weighted by molar-refractivity contribution is -0.140. The van der Waals surface area contributed by atoms with E-state index in [4.69, 9.17) is 11.6 Å². The first-order valence-electron chi connectivity index (χ1n) is 8.36. The zero-order chi connectivity index (χ0) is 16.9. The van der Waals surface area contributed by atoms with Gasteiger partial charge in [0, 0.05) is 11.3 Å². The lowest BCUT2D eigenvalue weighted by Gasteiger charge is -2.08. The normalized spacial score (nSPS) is 10.7. The summed E-state index contributed by atoms with van der Waals surface area (Å²) < 4.78 is 4.64. The largest absolute Gasteiger partial charge is 0.469 e. The number of hydrogen-bond acceptors (Lipinski definition) is 4. The number of hydrogen-bond donors (Lipinski definition) is 1. The number of halogens is 1. The number of thioether (sulfide) groups is 1. The van der Waals surface area contributed by atoms with Crippen molar-refractivity contribution in [1.82, 2.24) is 5.32 Å². The Labute approximate surface area is 149 Å². The molecule has 0 spiro atoms. The lowest BCUT2D eigenvalue weighted by atomic mass is 10.1. The van der Waals surface area contributed by atoms with Crippen molar-refractivity contribution >= 4 is 29.3 Å². The minimum atomic E-state index is -0.133. The number of unbranched alkanes of at least 4 members (excludes halogenated alkanes) is 1. The van der Waals surface area contributed by atoms with Crippen molar-refractivity contribution < 1.29 is 9.53 Å². The quantitative estimate of drug-likeness (QED) is 0.334. The van der Waals surface area contributed by atoms with Crippen LogP contribution in [0.4, 0.5) is 0 Å². The minimum absolute atomic E-state index is 0.133. The van der Waals surface area contributed by atoms with Crippen LogP contribution in [0.25, 0.3) is 0 Å². The van der Waals surface area contributed by atoms with Gasteiger partial charge in [-0.25, -0.2) is 0 Å². The Balaban J connectivity index is 2.31. The summed E-state index contributed by atoms with van der Waals surface area (Å²) in [4.78, 5) is 12.2. The van der Waals surface area contributed by atoms with Crippen molar-refractivity contribution in [2.24, 2.45) is 0 Å². The summed E-state index contributed by atoms with van der Waals surface area (Å²) in [6.07, 6.45) is 5.74. The molecule has 0 unspecified atom stereocenters. The van der Waals surface area contributed by atoms with Crippen LogP contribution >= 0.6 is 23.4 Å². The van der Waals surface area contributed by atoms with Crippen LogP contribution in [0.3, 0.4) is 0 Å². The van der Waals surface area contributed by atoms with Crippen LogP contribution in [-0.4, -0.2) is 31.9 Å². The number of benzene rings is 1. The number of esters is 1. The van der Waals surface area contributed by atoms with E-state index in [1.807, 2.05) is 6.07 Å². The SMILES string of the molecule is CCCNCCCc1ccc(Cl)c(SCCCCC(=O)OC)c1. The molecule has 23 heavy (non-hydrogen) atoms. The topological polar surface area (TPSA) is 38.3 Å². The molecular weight excluding hydrogens is 330 g/mol. The summed E-state index contributed by atoms with van der Waals surface area (Å²) >= 11 is 8.05. The van der Waals surface area contributed by atoms with Crippen molar-refractivity contribution in [2.45, 2.75) is 50.3 Å². The summed E-state index contributed by atoms with van der Waals surface area (Å²) in [7, 11) is 1.43. The molecule has 1 aromatic rings. The van der Waals surface area contributed by atoms with Crippen molar-refractivity contribution in [3.63, 3.8) is 0 Å². The summed E-state index contributed by atoms with van der Waals surface area (Å²) in [5.74, 6) is 0.838. The Bertz CT molecular complexity index is 468. The maximum absolute atomic E-state index is 11.1. The predicted molar refractivity (Wildman–Crippen MR) is 99.5 cm³/mol. The Kier molecular flexibility index (Phi) is 11.2. The average Bonchev–Trinajstić information content (AvgIpc) is 2.56. The Morgan fingerprint density at radius 2 is 2.09 bits per heavy atom. The molecule has 0 aliphatic rings. The van der Waals surface area contributed by atoms with Gasteiger partial charge in [0.15, 0.2) is 0 Å². The van der Waals surface area contributed by atoms with Gasteiger partial charge in [-0.3, -0.25) is 4.79 Å². The molecular formula is C18H28ClNO2S. The first-order chi connectivity index (χ1) is 11.2. The maximum Gasteiger partial charge on any atom is 0.305 e. The zero-order valence-electron chi connectivity index (χ0n) is 14.2. The smallest absolute Gasteiger partial charge is 0.305 e. The molecule has 0 saturated carbocycles. The number of methoxy groups -OCH3 is 1. The summed E-state index contributed by atoms with van der Waals surface area (Å²) in [6.45, 7) is 4.33. The molecule has 0 fully saturated rings. The highest BCUT2D eigenvalue weighted by atomic mass is 35.5. The molecule has 0 aliphatic carbocycles. The average molecular weight is 358 g/mol. The minimum Gasteiger partial charge on any atom is -0.469 e. The van der Waals surface area contributed by atoms with Crippen LogP contribution in [0, 0.1) is 0 Å². The summed E-state index contributed by atoms with van der Waals surface area (Å²) in [5.41, 5.74) is 1.34. The van der Waals surface area contributed by atoms with E-state index in [1.165, 1.54) is 19.1 Å². The Hall–Kier alpha value is -0.710. The molecule has 1 rings (SSSR count). The van der Waals surface area contributed by atoms with Gasteiger partial charge in [0.2, 0.25) is 0 Å². The van der Waals surface area contributed by atoms with Crippen molar-refractivity contribution in [3.8, 4) is 0 Å². The van der Waals surface area contributed by atoms with Crippen LogP contribution in [0.5, 0.6) is 0 Å². The van der Waals surface area contributed by atoms with Crippen molar-refractivity contribution in [3.05, 3.63) is 28.8 Å². The van der Waals surface area contributed by atoms with Crippen LogP contribution < -0.4 is 5.32 Å². The Morgan fingerprint density at radius 3 is 2.83 bits per heavy atom. The third-order valence-electron chi connectivity index (χ3n) is 3.50. The van der Waals surface area contributed by atoms with E-state index in [-0.39, 0.29) is 5.97 Å². The third-order valence-corrected chi connectivity index (χ3v) is 5.09. The number of nitrogens with one attached hydrogen (secondary N) is 1. The molecule has 0 saturated heterocycles. The first-order valence-corrected chi connectivity index (χ1v) is 9.72. The molecule has 3 nitrogen and oxygen atoms in total. The first kappa shape index (κ1) is 20.3. The molecule has 1 N–H and O–H groups in total. The van der Waals surface area contributed by atoms with Gasteiger partial charge >= 0.3 is 5.97 Å². The van der Waals surface area contributed by atoms with Gasteiger partial charge in [-0.15, -0.1) is 11.8 Å². The van der Waals surface area contributed by atoms with Crippen LogP contribution in [0.2, 0.25) is 5.02 Å². The van der Waals surface area contributed by atoms with Gasteiger partial charge in [-0.2, -0.15) is 0 Å². The zero-order valence-corrected chi connectivity index (χ0v) is 15.8. The molecule has 0 amide bonds. The van der Waals surface area contributed by atoms with E-state index in [2.05, 4.69) is 29.1 Å². The number of rotatable bonds is 12. The summed E-state index contributed by atoms with van der Waals surface area (Å²) in [5, 5.41) is 4.24. The fourth-order valence-corrected chi connectivity index (χ4v) is 3.48. The van der Waals surface area contributed by atoms with E-state index < -0.39 is 0 Å². The molecule has 0 bridgehead atoms. The molecule has 5 heteroatoms. The number of carbonyl (C=O) groups is 1. The third kappa shape index (κ3) is 9.23. The predicted octanol–water partition coefficient (Wildman–Crippen LogP) is 4.71. The van der Waals surface area contributed by atoms with Gasteiger partial charge in [0.25, 0.3) is 0 Å². The highest BCUT2D eigenvalue weighted by Crippen LogP contribution is 2.29. The van der Waals surface area contributed by atoms with Crippen molar-refractivity contribution in [2.75, 3.05) is 26.0 Å². The molecule has 0 atom stereocenters. The highest BCUT2D eigenvalue weighted by molar-refractivity contribution is 7.99. The van der Waals surface area contributed by atoms with E-state index in [1.54, 1.807) is 11.8 Å². The molecule has 1 aromatic carbocycles. The summed E-state index contributed by atoms with van der Waals surface area (Å²) in [6, 6.07) is 6.31. The second-order valence-electron chi connectivity index (χ2n) is 5.50. The second kappa shape index (κ2) is 12.7. The van der Waals surface area contributed by atoms with E-state index >= 15 is 0 Å². The Morgan fingerprint density at radius 1 is 1.26 bits per heavy atom. The number of ether oxygens (including phenoxy) is 1. The van der Waals surface area contributed by atoms with E-state index in [0.29, 0.717) is 6.42 Å². The number of aryl methyl sites for hydroxylation is 1. The van der Waals surface area contributed by atoms with Gasteiger partial charge in [0.1, 0.15) is 0 Å². The van der Waals surface area contributed by atoms with Gasteiger partial charge < -0.3 is 10.1 Å².